The Morgan fingerprint density at radius 1 is 1.67 bits per heavy atom. The van der Waals surface area contributed by atoms with Gasteiger partial charge in [0.05, 0.1) is 0 Å². The van der Waals surface area contributed by atoms with E-state index in [4.69, 9.17) is 4.84 Å². The first-order valence-corrected chi connectivity index (χ1v) is 2.76. The molecule has 0 bridgehead atoms. The van der Waals surface area contributed by atoms with Gasteiger partial charge < -0.3 is 4.84 Å². The summed E-state index contributed by atoms with van der Waals surface area (Å²) in [5.41, 5.74) is 1.08. The molecule has 51 valence electrons. The summed E-state index contributed by atoms with van der Waals surface area (Å²) in [5.74, 6) is 1.36. The van der Waals surface area contributed by atoms with Gasteiger partial charge in [0.1, 0.15) is 0 Å². The van der Waals surface area contributed by atoms with Crippen molar-refractivity contribution in [2.45, 2.75) is 20.3 Å². The van der Waals surface area contributed by atoms with Crippen LogP contribution in [0.3, 0.4) is 0 Å². The molecule has 0 fully saturated rings. The fraction of sp³-hybridized carbons (Fsp3) is 0.667. The maximum Gasteiger partial charge on any atom is 0.0249 e. The predicted molar refractivity (Wildman–Crippen MR) is 32.6 cm³/mol. The molecule has 1 rings (SSSR count). The van der Waals surface area contributed by atoms with Crippen molar-refractivity contribution in [3.8, 4) is 0 Å². The summed E-state index contributed by atoms with van der Waals surface area (Å²) in [6, 6.07) is 0. The smallest absolute Gasteiger partial charge is 0.0249 e. The van der Waals surface area contributed by atoms with Gasteiger partial charge in [-0.15, -0.1) is 11.6 Å². The molecule has 0 saturated heterocycles. The molecule has 1 heterocycles. The molecule has 3 heteroatoms. The van der Waals surface area contributed by atoms with Crippen LogP contribution in [-0.2, 0) is 23.4 Å². The Hall–Kier alpha value is 0.0544. The van der Waals surface area contributed by atoms with Crippen molar-refractivity contribution in [1.82, 2.24) is 0 Å². The Kier molecular flexibility index (Phi) is 3.99. The molecule has 0 aromatic heterocycles. The predicted octanol–water partition coefficient (Wildman–Crippen LogP) is 1.37. The summed E-state index contributed by atoms with van der Waals surface area (Å²) in [6.45, 7) is 4.76. The van der Waals surface area contributed by atoms with Crippen LogP contribution in [0.1, 0.15) is 20.3 Å². The van der Waals surface area contributed by atoms with Gasteiger partial charge in [-0.05, 0) is 13.5 Å². The number of nitrogens with zero attached hydrogens (tertiary/aromatic N) is 1. The zero-order chi connectivity index (χ0) is 5.98. The first-order valence-electron chi connectivity index (χ1n) is 2.76. The van der Waals surface area contributed by atoms with Gasteiger partial charge >= 0.3 is 0 Å². The third kappa shape index (κ3) is 2.92. The molecule has 0 saturated carbocycles. The first kappa shape index (κ1) is 9.05. The molecule has 0 spiro atoms. The van der Waals surface area contributed by atoms with E-state index in [0.29, 0.717) is 6.61 Å². The molecule has 0 atom stereocenters. The van der Waals surface area contributed by atoms with E-state index >= 15 is 0 Å². The molecule has 1 aliphatic rings. The van der Waals surface area contributed by atoms with Crippen LogP contribution in [0.25, 0.3) is 0 Å². The Labute approximate surface area is 67.5 Å². The summed E-state index contributed by atoms with van der Waals surface area (Å²) in [7, 11) is 0. The van der Waals surface area contributed by atoms with E-state index in [0.717, 1.165) is 12.1 Å². The van der Waals surface area contributed by atoms with Crippen LogP contribution >= 0.6 is 0 Å². The van der Waals surface area contributed by atoms with Crippen LogP contribution < -0.4 is 0 Å². The van der Waals surface area contributed by atoms with E-state index in [1.54, 1.807) is 0 Å². The fourth-order valence-corrected chi connectivity index (χ4v) is 0.773. The zero-order valence-corrected chi connectivity index (χ0v) is 7.11. The van der Waals surface area contributed by atoms with Gasteiger partial charge in [0.2, 0.25) is 0 Å². The Bertz CT molecular complexity index is 114. The fourth-order valence-electron chi connectivity index (χ4n) is 0.773. The molecule has 1 aliphatic heterocycles. The standard InChI is InChI=1S/C6H10NO.V/c1-5-3-6(2)7-8-4-5;/h3-4H2,1-2H3;/q-1;. The van der Waals surface area contributed by atoms with Crippen LogP contribution in [0, 0.1) is 5.92 Å². The number of oxime groups is 1. The Morgan fingerprint density at radius 2 is 2.33 bits per heavy atom. The molecule has 0 N–H and O–H groups in total. The van der Waals surface area contributed by atoms with E-state index in [2.05, 4.69) is 12.1 Å². The maximum absolute atomic E-state index is 4.84. The van der Waals surface area contributed by atoms with Crippen molar-refractivity contribution in [1.29, 1.82) is 0 Å². The summed E-state index contributed by atoms with van der Waals surface area (Å²) >= 11 is 0. The second-order valence-corrected chi connectivity index (χ2v) is 2.23. The van der Waals surface area contributed by atoms with Crippen molar-refractivity contribution in [2.75, 3.05) is 6.61 Å². The van der Waals surface area contributed by atoms with Crippen LogP contribution in [0.5, 0.6) is 0 Å². The second kappa shape index (κ2) is 3.96. The first-order chi connectivity index (χ1) is 3.79. The Balaban J connectivity index is 0.000000640. The SMILES string of the molecule is CC1=NOC[C-](C)C1.[V]. The number of hydrogen-bond acceptors (Lipinski definition) is 2. The van der Waals surface area contributed by atoms with Crippen LogP contribution in [-0.4, -0.2) is 12.3 Å². The maximum atomic E-state index is 4.84. The quantitative estimate of drug-likeness (QED) is 0.494. The molecule has 0 aromatic rings. The van der Waals surface area contributed by atoms with Crippen LogP contribution in [0.2, 0.25) is 0 Å². The molecule has 0 unspecified atom stereocenters. The molecule has 0 aromatic carbocycles. The van der Waals surface area contributed by atoms with E-state index < -0.39 is 0 Å². The third-order valence-corrected chi connectivity index (χ3v) is 1.09. The number of rotatable bonds is 0. The second-order valence-electron chi connectivity index (χ2n) is 2.23. The molecule has 9 heavy (non-hydrogen) atoms. The summed E-state index contributed by atoms with van der Waals surface area (Å²) in [5, 5.41) is 3.78. The van der Waals surface area contributed by atoms with Crippen molar-refractivity contribution >= 4 is 5.71 Å². The van der Waals surface area contributed by atoms with Gasteiger partial charge in [-0.1, -0.05) is 0 Å². The van der Waals surface area contributed by atoms with Gasteiger partial charge in [-0.3, -0.25) is 5.92 Å². The van der Waals surface area contributed by atoms with E-state index in [9.17, 15) is 0 Å². The van der Waals surface area contributed by atoms with E-state index in [1.807, 2.05) is 6.92 Å². The van der Waals surface area contributed by atoms with Crippen molar-refractivity contribution < 1.29 is 23.4 Å². The van der Waals surface area contributed by atoms with Gasteiger partial charge in [0.15, 0.2) is 0 Å². The van der Waals surface area contributed by atoms with Gasteiger partial charge in [-0.2, -0.15) is 6.92 Å². The van der Waals surface area contributed by atoms with E-state index in [1.165, 1.54) is 5.92 Å². The average molecular weight is 163 g/mol. The van der Waals surface area contributed by atoms with Crippen molar-refractivity contribution in [3.63, 3.8) is 0 Å². The van der Waals surface area contributed by atoms with Crippen LogP contribution in [0.15, 0.2) is 5.16 Å². The molecule has 1 radical (unpaired) electrons. The van der Waals surface area contributed by atoms with Gasteiger partial charge in [0.25, 0.3) is 0 Å². The molecule has 0 amide bonds. The summed E-state index contributed by atoms with van der Waals surface area (Å²) in [4.78, 5) is 4.84. The minimum atomic E-state index is 0. The molecular formula is C6H10NOV-. The molecule has 2 nitrogen and oxygen atoms in total. The van der Waals surface area contributed by atoms with Gasteiger partial charge in [-0.25, -0.2) is 0 Å². The van der Waals surface area contributed by atoms with Crippen molar-refractivity contribution in [3.05, 3.63) is 5.92 Å². The summed E-state index contributed by atoms with van der Waals surface area (Å²) in [6.07, 6.45) is 1.01. The third-order valence-electron chi connectivity index (χ3n) is 1.09. The van der Waals surface area contributed by atoms with E-state index in [-0.39, 0.29) is 18.6 Å². The molecular weight excluding hydrogens is 153 g/mol. The van der Waals surface area contributed by atoms with Crippen LogP contribution in [0.4, 0.5) is 0 Å². The Morgan fingerprint density at radius 3 is 2.67 bits per heavy atom. The summed E-state index contributed by atoms with van der Waals surface area (Å²) < 4.78 is 0. The monoisotopic (exact) mass is 163 g/mol. The normalized spacial score (nSPS) is 19.6. The van der Waals surface area contributed by atoms with Gasteiger partial charge in [0, 0.05) is 24.3 Å². The minimum absolute atomic E-state index is 0. The largest absolute Gasteiger partial charge is 0.429 e. The minimum Gasteiger partial charge on any atom is -0.429 e. The zero-order valence-electron chi connectivity index (χ0n) is 5.72. The topological polar surface area (TPSA) is 21.6 Å². The molecule has 0 aliphatic carbocycles. The number of hydrogen-bond donors (Lipinski definition) is 0. The average Bonchev–Trinajstić information content (AvgIpc) is 1.64. The van der Waals surface area contributed by atoms with Crippen molar-refractivity contribution in [2.24, 2.45) is 5.16 Å².